The molecule has 1 fully saturated rings. The molecule has 2 unspecified atom stereocenters. The first-order valence-electron chi connectivity index (χ1n) is 9.52. The zero-order chi connectivity index (χ0) is 21.9. The maximum atomic E-state index is 13.8. The van der Waals surface area contributed by atoms with Crippen LogP contribution >= 0.6 is 0 Å². The molecule has 1 aliphatic heterocycles. The molecule has 0 saturated carbocycles. The number of pyridine rings is 1. The third-order valence-corrected chi connectivity index (χ3v) is 5.00. The first kappa shape index (κ1) is 22.0. The Morgan fingerprint density at radius 1 is 1.13 bits per heavy atom. The number of nitrogens with zero attached hydrogens (tertiary/aromatic N) is 1. The van der Waals surface area contributed by atoms with Crippen LogP contribution in [-0.4, -0.2) is 40.6 Å². The van der Waals surface area contributed by atoms with E-state index in [0.717, 1.165) is 19.3 Å². The van der Waals surface area contributed by atoms with Gasteiger partial charge in [-0.1, -0.05) is 26.0 Å². The van der Waals surface area contributed by atoms with Crippen LogP contribution in [0.5, 0.6) is 5.75 Å². The molecule has 5 nitrogen and oxygen atoms in total. The van der Waals surface area contributed by atoms with Gasteiger partial charge in [0.25, 0.3) is 0 Å². The topological polar surface area (TPSA) is 70.2 Å². The predicted octanol–water partition coefficient (Wildman–Crippen LogP) is 4.49. The van der Waals surface area contributed by atoms with E-state index in [1.54, 1.807) is 6.07 Å². The molecular formula is C21H23F4N3O2. The number of benzene rings is 1. The standard InChI is InChI=1S/C14H8F4N2O.C7H15NO/c15-11-7-20-13-12(11)10(4-5-19-13)8-2-1-3-9(6-8)21-14(16,17)18;1-5-3-8-4-6(2)7(5)9/h1-7H,(H,19,20);5-9H,3-4H2,1-2H3. The van der Waals surface area contributed by atoms with Crippen LogP contribution in [0.4, 0.5) is 17.6 Å². The molecule has 9 heteroatoms. The molecule has 0 aliphatic carbocycles. The molecule has 0 radical (unpaired) electrons. The van der Waals surface area contributed by atoms with Crippen molar-refractivity contribution in [2.75, 3.05) is 13.1 Å². The van der Waals surface area contributed by atoms with Crippen molar-refractivity contribution in [2.24, 2.45) is 11.8 Å². The number of fused-ring (bicyclic) bond motifs is 1. The summed E-state index contributed by atoms with van der Waals surface area (Å²) in [6.07, 6.45) is -2.26. The maximum Gasteiger partial charge on any atom is 0.573 e. The van der Waals surface area contributed by atoms with Gasteiger partial charge in [0, 0.05) is 25.5 Å². The van der Waals surface area contributed by atoms with E-state index in [4.69, 9.17) is 0 Å². The fourth-order valence-electron chi connectivity index (χ4n) is 3.46. The summed E-state index contributed by atoms with van der Waals surface area (Å²) >= 11 is 0. The number of aromatic amines is 1. The fraction of sp³-hybridized carbons (Fsp3) is 0.381. The normalized spacial score (nSPS) is 21.8. The van der Waals surface area contributed by atoms with Crippen LogP contribution in [0.25, 0.3) is 22.2 Å². The van der Waals surface area contributed by atoms with Gasteiger partial charge in [0.1, 0.15) is 11.4 Å². The second kappa shape index (κ2) is 9.01. The number of ether oxygens (including phenoxy) is 1. The van der Waals surface area contributed by atoms with Crippen LogP contribution in [0.3, 0.4) is 0 Å². The van der Waals surface area contributed by atoms with E-state index >= 15 is 0 Å². The summed E-state index contributed by atoms with van der Waals surface area (Å²) in [5.74, 6) is -0.0290. The van der Waals surface area contributed by atoms with E-state index in [2.05, 4.69) is 33.9 Å². The molecule has 3 heterocycles. The smallest absolute Gasteiger partial charge is 0.406 e. The minimum atomic E-state index is -4.77. The highest BCUT2D eigenvalue weighted by Gasteiger charge is 2.31. The number of piperidine rings is 1. The number of aliphatic hydroxyl groups is 1. The van der Waals surface area contributed by atoms with Crippen molar-refractivity contribution in [1.82, 2.24) is 15.3 Å². The summed E-state index contributed by atoms with van der Waals surface area (Å²) in [6, 6.07) is 6.90. The van der Waals surface area contributed by atoms with Crippen molar-refractivity contribution in [3.8, 4) is 16.9 Å². The Labute approximate surface area is 171 Å². The summed E-state index contributed by atoms with van der Waals surface area (Å²) < 4.78 is 54.4. The number of aliphatic hydroxyl groups excluding tert-OH is 1. The maximum absolute atomic E-state index is 13.8. The molecule has 0 spiro atoms. The summed E-state index contributed by atoms with van der Waals surface area (Å²) in [7, 11) is 0. The average molecular weight is 425 g/mol. The van der Waals surface area contributed by atoms with Gasteiger partial charge in [-0.3, -0.25) is 0 Å². The molecule has 1 aliphatic rings. The van der Waals surface area contributed by atoms with Crippen molar-refractivity contribution in [1.29, 1.82) is 0 Å². The van der Waals surface area contributed by atoms with E-state index in [0.29, 0.717) is 28.6 Å². The van der Waals surface area contributed by atoms with Crippen LogP contribution in [0, 0.1) is 17.7 Å². The van der Waals surface area contributed by atoms with Gasteiger partial charge in [0.15, 0.2) is 5.82 Å². The minimum Gasteiger partial charge on any atom is -0.406 e. The number of alkyl halides is 3. The largest absolute Gasteiger partial charge is 0.573 e. The Morgan fingerprint density at radius 2 is 1.83 bits per heavy atom. The van der Waals surface area contributed by atoms with Gasteiger partial charge in [-0.2, -0.15) is 0 Å². The van der Waals surface area contributed by atoms with Crippen molar-refractivity contribution in [3.05, 3.63) is 48.5 Å². The first-order valence-corrected chi connectivity index (χ1v) is 9.52. The Hall–Kier alpha value is -2.65. The molecule has 4 rings (SSSR count). The second-order valence-electron chi connectivity index (χ2n) is 7.40. The highest BCUT2D eigenvalue weighted by molar-refractivity contribution is 5.93. The number of halogens is 4. The molecule has 1 saturated heterocycles. The molecule has 3 aromatic rings. The van der Waals surface area contributed by atoms with Crippen molar-refractivity contribution in [3.63, 3.8) is 0 Å². The van der Waals surface area contributed by atoms with Gasteiger partial charge in [0.2, 0.25) is 0 Å². The summed E-state index contributed by atoms with van der Waals surface area (Å²) in [4.78, 5) is 6.62. The Bertz CT molecular complexity index is 980. The van der Waals surface area contributed by atoms with E-state index in [1.165, 1.54) is 30.5 Å². The molecule has 1 aromatic carbocycles. The van der Waals surface area contributed by atoms with Gasteiger partial charge < -0.3 is 20.1 Å². The minimum absolute atomic E-state index is 0.0914. The third kappa shape index (κ3) is 5.28. The monoisotopic (exact) mass is 425 g/mol. The fourth-order valence-corrected chi connectivity index (χ4v) is 3.46. The lowest BCUT2D eigenvalue weighted by Crippen LogP contribution is -2.44. The van der Waals surface area contributed by atoms with Crippen LogP contribution in [0.2, 0.25) is 0 Å². The lowest BCUT2D eigenvalue weighted by Gasteiger charge is -2.30. The van der Waals surface area contributed by atoms with Crippen molar-refractivity contribution < 1.29 is 27.4 Å². The number of hydrogen-bond acceptors (Lipinski definition) is 4. The van der Waals surface area contributed by atoms with Gasteiger partial charge in [0.05, 0.1) is 11.5 Å². The van der Waals surface area contributed by atoms with E-state index < -0.39 is 12.2 Å². The van der Waals surface area contributed by atoms with E-state index in [-0.39, 0.29) is 17.2 Å². The van der Waals surface area contributed by atoms with E-state index in [9.17, 15) is 22.7 Å². The van der Waals surface area contributed by atoms with Gasteiger partial charge >= 0.3 is 6.36 Å². The van der Waals surface area contributed by atoms with Crippen LogP contribution in [0.15, 0.2) is 42.7 Å². The molecule has 30 heavy (non-hydrogen) atoms. The quantitative estimate of drug-likeness (QED) is 0.529. The molecule has 0 bridgehead atoms. The van der Waals surface area contributed by atoms with Gasteiger partial charge in [-0.25, -0.2) is 9.37 Å². The lowest BCUT2D eigenvalue weighted by atomic mass is 9.90. The number of nitrogens with one attached hydrogen (secondary N) is 2. The molecular weight excluding hydrogens is 402 g/mol. The Kier molecular flexibility index (Phi) is 6.62. The third-order valence-electron chi connectivity index (χ3n) is 5.00. The second-order valence-corrected chi connectivity index (χ2v) is 7.40. The zero-order valence-corrected chi connectivity index (χ0v) is 16.5. The molecule has 2 aromatic heterocycles. The average Bonchev–Trinajstić information content (AvgIpc) is 3.07. The highest BCUT2D eigenvalue weighted by atomic mass is 19.4. The number of hydrogen-bond donors (Lipinski definition) is 3. The number of H-pyrrole nitrogens is 1. The summed E-state index contributed by atoms with van der Waals surface area (Å²) in [5, 5.41) is 12.9. The Balaban J connectivity index is 0.000000239. The number of aromatic nitrogens is 2. The number of rotatable bonds is 2. The molecule has 2 atom stereocenters. The first-order chi connectivity index (χ1) is 14.2. The highest BCUT2D eigenvalue weighted by Crippen LogP contribution is 2.32. The van der Waals surface area contributed by atoms with Crippen molar-refractivity contribution in [2.45, 2.75) is 26.3 Å². The summed E-state index contributed by atoms with van der Waals surface area (Å²) in [6.45, 7) is 6.08. The zero-order valence-electron chi connectivity index (χ0n) is 16.5. The van der Waals surface area contributed by atoms with Gasteiger partial charge in [-0.05, 0) is 41.2 Å². The predicted molar refractivity (Wildman–Crippen MR) is 105 cm³/mol. The van der Waals surface area contributed by atoms with E-state index in [1.807, 2.05) is 0 Å². The van der Waals surface area contributed by atoms with Crippen LogP contribution < -0.4 is 10.1 Å². The Morgan fingerprint density at radius 3 is 2.47 bits per heavy atom. The van der Waals surface area contributed by atoms with Crippen molar-refractivity contribution >= 4 is 11.0 Å². The lowest BCUT2D eigenvalue weighted by molar-refractivity contribution is -0.274. The molecule has 162 valence electrons. The van der Waals surface area contributed by atoms with Gasteiger partial charge in [-0.15, -0.1) is 13.2 Å². The molecule has 3 N–H and O–H groups in total. The van der Waals surface area contributed by atoms with Crippen LogP contribution in [-0.2, 0) is 0 Å². The summed E-state index contributed by atoms with van der Waals surface area (Å²) in [5.41, 5.74) is 1.17. The SMILES string of the molecule is CC1CNCC(C)C1O.Fc1c[nH]c2nccc(-c3cccc(OC(F)(F)F)c3)c12. The van der Waals surface area contributed by atoms with Crippen LogP contribution in [0.1, 0.15) is 13.8 Å². The molecule has 0 amide bonds.